The van der Waals surface area contributed by atoms with Gasteiger partial charge in [0.1, 0.15) is 5.82 Å². The molecule has 8 heteroatoms. The molecule has 1 aliphatic rings. The molecular weight excluding hydrogens is 308 g/mol. The topological polar surface area (TPSA) is 83.4 Å². The van der Waals surface area contributed by atoms with Crippen LogP contribution in [0.25, 0.3) is 0 Å². The summed E-state index contributed by atoms with van der Waals surface area (Å²) in [6.45, 7) is 5.75. The highest BCUT2D eigenvalue weighted by Crippen LogP contribution is 2.18. The summed E-state index contributed by atoms with van der Waals surface area (Å²) in [4.78, 5) is 27.6. The zero-order valence-corrected chi connectivity index (χ0v) is 15.2. The van der Waals surface area contributed by atoms with Gasteiger partial charge in [-0.15, -0.1) is 10.2 Å². The third-order valence-electron chi connectivity index (χ3n) is 4.45. The molecule has 24 heavy (non-hydrogen) atoms. The molecule has 0 aromatic carbocycles. The van der Waals surface area contributed by atoms with Gasteiger partial charge in [-0.2, -0.15) is 0 Å². The number of urea groups is 1. The molecular formula is C16H28N6O2. The van der Waals surface area contributed by atoms with E-state index in [-0.39, 0.29) is 17.9 Å². The third-order valence-corrected chi connectivity index (χ3v) is 4.45. The van der Waals surface area contributed by atoms with Crippen molar-refractivity contribution in [2.75, 3.05) is 27.2 Å². The van der Waals surface area contributed by atoms with E-state index < -0.39 is 0 Å². The van der Waals surface area contributed by atoms with Crippen LogP contribution in [0, 0.1) is 5.92 Å². The Kier molecular flexibility index (Phi) is 5.80. The van der Waals surface area contributed by atoms with Crippen LogP contribution >= 0.6 is 0 Å². The minimum absolute atomic E-state index is 0.00848. The Balaban J connectivity index is 1.83. The van der Waals surface area contributed by atoms with Gasteiger partial charge in [0.05, 0.1) is 6.54 Å². The fraction of sp³-hybridized carbons (Fsp3) is 0.750. The fourth-order valence-corrected chi connectivity index (χ4v) is 2.96. The Morgan fingerprint density at radius 2 is 1.88 bits per heavy atom. The van der Waals surface area contributed by atoms with E-state index in [1.54, 1.807) is 23.9 Å². The van der Waals surface area contributed by atoms with Gasteiger partial charge in [-0.05, 0) is 12.8 Å². The van der Waals surface area contributed by atoms with Crippen molar-refractivity contribution < 1.29 is 9.59 Å². The van der Waals surface area contributed by atoms with Gasteiger partial charge >= 0.3 is 6.03 Å². The van der Waals surface area contributed by atoms with Crippen LogP contribution in [-0.4, -0.2) is 63.7 Å². The monoisotopic (exact) mass is 336 g/mol. The summed E-state index contributed by atoms with van der Waals surface area (Å²) in [7, 11) is 5.41. The van der Waals surface area contributed by atoms with Crippen LogP contribution in [0.4, 0.5) is 4.79 Å². The van der Waals surface area contributed by atoms with Crippen molar-refractivity contribution in [3.63, 3.8) is 0 Å². The minimum Gasteiger partial charge on any atom is -0.349 e. The van der Waals surface area contributed by atoms with E-state index in [1.807, 2.05) is 11.6 Å². The van der Waals surface area contributed by atoms with Crippen molar-refractivity contribution in [1.29, 1.82) is 0 Å². The number of rotatable bonds is 4. The first kappa shape index (κ1) is 18.2. The SMILES string of the molecule is CC(C)c1nnc(CNC(=O)C2CCN(C(=O)N(C)C)CC2)n1C. The average Bonchev–Trinajstić information content (AvgIpc) is 2.93. The lowest BCUT2D eigenvalue weighted by Gasteiger charge is -2.33. The Hall–Kier alpha value is -2.12. The number of nitrogens with zero attached hydrogens (tertiary/aromatic N) is 5. The highest BCUT2D eigenvalue weighted by atomic mass is 16.2. The second kappa shape index (κ2) is 7.63. The molecule has 8 nitrogen and oxygen atoms in total. The largest absolute Gasteiger partial charge is 0.349 e. The van der Waals surface area contributed by atoms with Gasteiger partial charge in [-0.1, -0.05) is 13.8 Å². The summed E-state index contributed by atoms with van der Waals surface area (Å²) in [5, 5.41) is 11.3. The molecule has 0 saturated carbocycles. The molecule has 1 saturated heterocycles. The molecule has 0 bridgehead atoms. The molecule has 1 aliphatic heterocycles. The number of piperidine rings is 1. The number of carbonyl (C=O) groups excluding carboxylic acids is 2. The molecule has 2 rings (SSSR count). The third kappa shape index (κ3) is 4.04. The van der Waals surface area contributed by atoms with E-state index in [0.717, 1.165) is 11.6 Å². The first-order chi connectivity index (χ1) is 11.3. The summed E-state index contributed by atoms with van der Waals surface area (Å²) < 4.78 is 1.93. The molecule has 2 heterocycles. The minimum atomic E-state index is -0.0472. The number of hydrogen-bond acceptors (Lipinski definition) is 4. The smallest absolute Gasteiger partial charge is 0.319 e. The lowest BCUT2D eigenvalue weighted by Crippen LogP contribution is -2.46. The van der Waals surface area contributed by atoms with Gasteiger partial charge in [-0.25, -0.2) is 4.79 Å². The zero-order valence-electron chi connectivity index (χ0n) is 15.2. The van der Waals surface area contributed by atoms with Crippen molar-refractivity contribution in [3.8, 4) is 0 Å². The summed E-state index contributed by atoms with van der Waals surface area (Å²) in [6.07, 6.45) is 1.39. The van der Waals surface area contributed by atoms with Gasteiger partial charge < -0.3 is 19.7 Å². The zero-order chi connectivity index (χ0) is 17.9. The molecule has 1 aromatic rings. The Morgan fingerprint density at radius 1 is 1.25 bits per heavy atom. The summed E-state index contributed by atoms with van der Waals surface area (Å²) in [5.74, 6) is 1.95. The quantitative estimate of drug-likeness (QED) is 0.887. The van der Waals surface area contributed by atoms with E-state index in [2.05, 4.69) is 29.4 Å². The van der Waals surface area contributed by atoms with Gasteiger partial charge in [0.25, 0.3) is 0 Å². The predicted octanol–water partition coefficient (Wildman–Crippen LogP) is 0.948. The van der Waals surface area contributed by atoms with Crippen LogP contribution < -0.4 is 5.32 Å². The standard InChI is InChI=1S/C16H28N6O2/c1-11(2)14-19-18-13(21(14)5)10-17-15(23)12-6-8-22(9-7-12)16(24)20(3)4/h11-12H,6-10H2,1-5H3,(H,17,23). The second-order valence-corrected chi connectivity index (χ2v) is 6.84. The number of amides is 3. The molecule has 1 aromatic heterocycles. The first-order valence-corrected chi connectivity index (χ1v) is 8.43. The maximum absolute atomic E-state index is 12.4. The predicted molar refractivity (Wildman–Crippen MR) is 90.3 cm³/mol. The molecule has 0 unspecified atom stereocenters. The summed E-state index contributed by atoms with van der Waals surface area (Å²) in [6, 6.07) is 0.00848. The Labute approximate surface area is 143 Å². The molecule has 134 valence electrons. The maximum Gasteiger partial charge on any atom is 0.319 e. The number of hydrogen-bond donors (Lipinski definition) is 1. The van der Waals surface area contributed by atoms with Crippen molar-refractivity contribution in [2.45, 2.75) is 39.2 Å². The fourth-order valence-electron chi connectivity index (χ4n) is 2.96. The number of nitrogens with one attached hydrogen (secondary N) is 1. The van der Waals surface area contributed by atoms with E-state index in [1.165, 1.54) is 0 Å². The number of carbonyl (C=O) groups is 2. The van der Waals surface area contributed by atoms with Gasteiger partial charge in [0, 0.05) is 46.1 Å². The molecule has 0 radical (unpaired) electrons. The second-order valence-electron chi connectivity index (χ2n) is 6.84. The Morgan fingerprint density at radius 3 is 2.38 bits per heavy atom. The lowest BCUT2D eigenvalue weighted by atomic mass is 9.96. The van der Waals surface area contributed by atoms with Gasteiger partial charge in [0.15, 0.2) is 5.82 Å². The van der Waals surface area contributed by atoms with Crippen molar-refractivity contribution in [2.24, 2.45) is 13.0 Å². The lowest BCUT2D eigenvalue weighted by molar-refractivity contribution is -0.126. The Bertz CT molecular complexity index is 587. The van der Waals surface area contributed by atoms with Crippen molar-refractivity contribution in [3.05, 3.63) is 11.6 Å². The highest BCUT2D eigenvalue weighted by molar-refractivity contribution is 5.79. The van der Waals surface area contributed by atoms with E-state index in [9.17, 15) is 9.59 Å². The van der Waals surface area contributed by atoms with Crippen LogP contribution in [0.1, 0.15) is 44.3 Å². The van der Waals surface area contributed by atoms with Crippen LogP contribution in [0.15, 0.2) is 0 Å². The molecule has 3 amide bonds. The van der Waals surface area contributed by atoms with Crippen molar-refractivity contribution >= 4 is 11.9 Å². The molecule has 0 atom stereocenters. The molecule has 0 aliphatic carbocycles. The van der Waals surface area contributed by atoms with E-state index in [0.29, 0.717) is 38.4 Å². The van der Waals surface area contributed by atoms with E-state index in [4.69, 9.17) is 0 Å². The first-order valence-electron chi connectivity index (χ1n) is 8.43. The summed E-state index contributed by atoms with van der Waals surface area (Å²) in [5.41, 5.74) is 0. The number of aromatic nitrogens is 3. The molecule has 1 fully saturated rings. The van der Waals surface area contributed by atoms with Crippen LogP contribution in [0.2, 0.25) is 0 Å². The van der Waals surface area contributed by atoms with E-state index >= 15 is 0 Å². The highest BCUT2D eigenvalue weighted by Gasteiger charge is 2.28. The van der Waals surface area contributed by atoms with Crippen LogP contribution in [0.3, 0.4) is 0 Å². The molecule has 0 spiro atoms. The maximum atomic E-state index is 12.4. The van der Waals surface area contributed by atoms with Crippen LogP contribution in [-0.2, 0) is 18.4 Å². The average molecular weight is 336 g/mol. The van der Waals surface area contributed by atoms with Gasteiger partial charge in [0.2, 0.25) is 5.91 Å². The normalized spacial score (nSPS) is 15.7. The molecule has 1 N–H and O–H groups in total. The summed E-state index contributed by atoms with van der Waals surface area (Å²) >= 11 is 0. The van der Waals surface area contributed by atoms with Gasteiger partial charge in [-0.3, -0.25) is 4.79 Å². The number of likely N-dealkylation sites (tertiary alicyclic amines) is 1. The van der Waals surface area contributed by atoms with Crippen molar-refractivity contribution in [1.82, 2.24) is 29.9 Å². The van der Waals surface area contributed by atoms with Crippen LogP contribution in [0.5, 0.6) is 0 Å².